The third kappa shape index (κ3) is 12.2. The van der Waals surface area contributed by atoms with E-state index in [1.165, 1.54) is 0 Å². The molecule has 43 heavy (non-hydrogen) atoms. The molecule has 0 bridgehead atoms. The number of allylic oxidation sites excluding steroid dienone is 3. The van der Waals surface area contributed by atoms with Crippen molar-refractivity contribution in [2.75, 3.05) is 0 Å². The minimum atomic E-state index is -0.748. The van der Waals surface area contributed by atoms with E-state index in [4.69, 9.17) is 13.6 Å². The topological polar surface area (TPSA) is 47.9 Å². The summed E-state index contributed by atoms with van der Waals surface area (Å²) in [5, 5.41) is 10.7. The Bertz CT molecular complexity index is 1240. The molecule has 4 radical (unpaired) electrons. The van der Waals surface area contributed by atoms with Gasteiger partial charge in [0.15, 0.2) is 0 Å². The molecule has 0 aliphatic rings. The average Bonchev–Trinajstić information content (AvgIpc) is 2.93. The fourth-order valence-corrected chi connectivity index (χ4v) is 5.68. The molecule has 0 amide bonds. The van der Waals surface area contributed by atoms with Gasteiger partial charge in [0.25, 0.3) is 0 Å². The zero-order valence-corrected chi connectivity index (χ0v) is 31.1. The summed E-state index contributed by atoms with van der Waals surface area (Å²) in [4.78, 5) is 0. The summed E-state index contributed by atoms with van der Waals surface area (Å²) < 4.78 is 19.5. The highest BCUT2D eigenvalue weighted by Gasteiger charge is 2.34. The van der Waals surface area contributed by atoms with Gasteiger partial charge in [-0.05, 0) is 104 Å². The van der Waals surface area contributed by atoms with Crippen molar-refractivity contribution in [3.63, 3.8) is 0 Å². The van der Waals surface area contributed by atoms with Gasteiger partial charge in [0, 0.05) is 0 Å². The Morgan fingerprint density at radius 2 is 1.33 bits per heavy atom. The zero-order chi connectivity index (χ0) is 32.7. The Labute approximate surface area is 268 Å². The van der Waals surface area contributed by atoms with Gasteiger partial charge >= 0.3 is 0 Å². The molecule has 1 N–H and O–H groups in total. The summed E-state index contributed by atoms with van der Waals surface area (Å²) in [6.07, 6.45) is 7.32. The number of rotatable bonds is 14. The van der Waals surface area contributed by atoms with Crippen molar-refractivity contribution in [1.82, 2.24) is 0 Å². The summed E-state index contributed by atoms with van der Waals surface area (Å²) in [5.74, 6) is 0.808. The Morgan fingerprint density at radius 1 is 0.767 bits per heavy atom. The highest BCUT2D eigenvalue weighted by Crippen LogP contribution is 2.40. The van der Waals surface area contributed by atoms with E-state index in [1.807, 2.05) is 26.0 Å². The Kier molecular flexibility index (Phi) is 12.9. The standard InChI is InChI=1S/C37H56O4Si2/c1-14-37(38,15-2)23-17-18-27(3)29-20-16-19-28(24-29)26-39-30-21-22-31(35(10,11)40-42-33(4,5)6)32(25-30)36(12,13)41-43-34(7,8)9/h16-25,38H,14-15,26H2,1-13H3. The first-order chi connectivity index (χ1) is 19.7. The van der Waals surface area contributed by atoms with E-state index < -0.39 is 16.8 Å². The maximum atomic E-state index is 10.5. The Hall–Kier alpha value is -1.97. The van der Waals surface area contributed by atoms with Gasteiger partial charge in [-0.3, -0.25) is 0 Å². The van der Waals surface area contributed by atoms with Crippen LogP contribution in [0, 0.1) is 0 Å². The maximum absolute atomic E-state index is 10.5. The van der Waals surface area contributed by atoms with E-state index >= 15 is 0 Å². The van der Waals surface area contributed by atoms with Crippen molar-refractivity contribution in [2.24, 2.45) is 0 Å². The fourth-order valence-electron chi connectivity index (χ4n) is 4.33. The van der Waals surface area contributed by atoms with Gasteiger partial charge in [0.1, 0.15) is 12.4 Å². The van der Waals surface area contributed by atoms with Crippen molar-refractivity contribution in [1.29, 1.82) is 0 Å². The lowest BCUT2D eigenvalue weighted by Gasteiger charge is -2.37. The average molecular weight is 621 g/mol. The molecule has 2 aromatic carbocycles. The van der Waals surface area contributed by atoms with Crippen LogP contribution in [0.1, 0.15) is 125 Å². The zero-order valence-electron chi connectivity index (χ0n) is 29.1. The number of ether oxygens (including phenoxy) is 1. The third-order valence-electron chi connectivity index (χ3n) is 7.28. The van der Waals surface area contributed by atoms with Gasteiger partial charge < -0.3 is 18.7 Å². The van der Waals surface area contributed by atoms with Gasteiger partial charge in [-0.15, -0.1) is 0 Å². The van der Waals surface area contributed by atoms with Gasteiger partial charge in [-0.2, -0.15) is 0 Å². The highest BCUT2D eigenvalue weighted by atomic mass is 28.2. The van der Waals surface area contributed by atoms with E-state index in [0.717, 1.165) is 33.6 Å². The minimum Gasteiger partial charge on any atom is -0.489 e. The van der Waals surface area contributed by atoms with Crippen LogP contribution in [0.4, 0.5) is 0 Å². The molecule has 0 fully saturated rings. The first-order valence-electron chi connectivity index (χ1n) is 15.6. The van der Waals surface area contributed by atoms with E-state index in [0.29, 0.717) is 39.0 Å². The van der Waals surface area contributed by atoms with Crippen LogP contribution >= 0.6 is 0 Å². The van der Waals surface area contributed by atoms with E-state index in [1.54, 1.807) is 0 Å². The normalized spacial score (nSPS) is 14.0. The summed E-state index contributed by atoms with van der Waals surface area (Å²) in [6, 6.07) is 14.8. The van der Waals surface area contributed by atoms with Crippen LogP contribution in [0.2, 0.25) is 10.1 Å². The molecule has 2 aromatic rings. The van der Waals surface area contributed by atoms with Crippen molar-refractivity contribution < 1.29 is 18.7 Å². The second kappa shape index (κ2) is 14.9. The minimum absolute atomic E-state index is 0.0752. The molecule has 4 nitrogen and oxygen atoms in total. The Balaban J connectivity index is 2.34. The van der Waals surface area contributed by atoms with Crippen LogP contribution in [0.15, 0.2) is 60.7 Å². The van der Waals surface area contributed by atoms with Crippen LogP contribution in [0.25, 0.3) is 5.57 Å². The third-order valence-corrected chi connectivity index (χ3v) is 9.73. The predicted octanol–water partition coefficient (Wildman–Crippen LogP) is 9.95. The molecule has 2 rings (SSSR count). The number of hydrogen-bond donors (Lipinski definition) is 1. The Morgan fingerprint density at radius 3 is 1.86 bits per heavy atom. The van der Waals surface area contributed by atoms with Crippen LogP contribution in [-0.4, -0.2) is 30.2 Å². The second-order valence-electron chi connectivity index (χ2n) is 14.6. The lowest BCUT2D eigenvalue weighted by molar-refractivity contribution is 0.0826. The monoisotopic (exact) mass is 620 g/mol. The molecule has 0 unspecified atom stereocenters. The first kappa shape index (κ1) is 37.2. The number of aliphatic hydroxyl groups is 1. The second-order valence-corrected chi connectivity index (χ2v) is 18.5. The van der Waals surface area contributed by atoms with Crippen LogP contribution < -0.4 is 4.74 Å². The summed E-state index contributed by atoms with van der Waals surface area (Å²) in [7, 11) is 0.723. The smallest absolute Gasteiger partial charge is 0.236 e. The van der Waals surface area contributed by atoms with Crippen molar-refractivity contribution >= 4 is 25.1 Å². The van der Waals surface area contributed by atoms with Gasteiger partial charge in [0.2, 0.25) is 19.5 Å². The van der Waals surface area contributed by atoms with Crippen LogP contribution in [0.5, 0.6) is 5.75 Å². The van der Waals surface area contributed by atoms with Crippen molar-refractivity contribution in [2.45, 2.75) is 136 Å². The molecular formula is C37H56O4Si2. The predicted molar refractivity (Wildman–Crippen MR) is 185 cm³/mol. The lowest BCUT2D eigenvalue weighted by Crippen LogP contribution is -2.34. The van der Waals surface area contributed by atoms with Crippen LogP contribution in [-0.2, 0) is 26.7 Å². The van der Waals surface area contributed by atoms with Gasteiger partial charge in [0.05, 0.1) is 16.8 Å². The molecule has 0 saturated heterocycles. The van der Waals surface area contributed by atoms with E-state index in [9.17, 15) is 5.11 Å². The van der Waals surface area contributed by atoms with Crippen LogP contribution in [0.3, 0.4) is 0 Å². The van der Waals surface area contributed by atoms with E-state index in [2.05, 4.69) is 125 Å². The van der Waals surface area contributed by atoms with Crippen molar-refractivity contribution in [3.8, 4) is 5.75 Å². The number of benzene rings is 2. The summed E-state index contributed by atoms with van der Waals surface area (Å²) >= 11 is 0. The first-order valence-corrected chi connectivity index (χ1v) is 17.4. The molecule has 6 heteroatoms. The molecule has 0 atom stereocenters. The summed E-state index contributed by atoms with van der Waals surface area (Å²) in [5.41, 5.74) is 3.81. The largest absolute Gasteiger partial charge is 0.489 e. The van der Waals surface area contributed by atoms with Gasteiger partial charge in [-0.1, -0.05) is 97.9 Å². The lowest BCUT2D eigenvalue weighted by atomic mass is 9.85. The highest BCUT2D eigenvalue weighted by molar-refractivity contribution is 6.32. The van der Waals surface area contributed by atoms with Gasteiger partial charge in [-0.25, -0.2) is 0 Å². The quantitative estimate of drug-likeness (QED) is 0.169. The molecule has 0 aliphatic carbocycles. The molecular weight excluding hydrogens is 565 g/mol. The van der Waals surface area contributed by atoms with Crippen molar-refractivity contribution in [3.05, 3.63) is 82.9 Å². The van der Waals surface area contributed by atoms with E-state index in [-0.39, 0.29) is 10.1 Å². The molecule has 0 heterocycles. The maximum Gasteiger partial charge on any atom is 0.236 e. The number of hydrogen-bond acceptors (Lipinski definition) is 4. The molecule has 0 aromatic heterocycles. The molecule has 0 spiro atoms. The molecule has 0 aliphatic heterocycles. The summed E-state index contributed by atoms with van der Waals surface area (Å²) in [6.45, 7) is 28.4. The SMILES string of the molecule is CCC(O)(C=CC=C(C)c1cccc(COc2ccc(C(C)(C)O[Si]C(C)(C)C)c(C(C)(C)O[Si]C(C)(C)C)c2)c1)CC. The molecule has 0 saturated carbocycles. The molecule has 236 valence electrons. The fraction of sp³-hybridized carbons (Fsp3) is 0.568.